The number of aromatic nitrogens is 3. The van der Waals surface area contributed by atoms with Crippen molar-refractivity contribution in [2.75, 3.05) is 37.0 Å². The van der Waals surface area contributed by atoms with Gasteiger partial charge in [-0.05, 0) is 32.4 Å². The van der Waals surface area contributed by atoms with Crippen LogP contribution in [0.3, 0.4) is 0 Å². The quantitative estimate of drug-likeness (QED) is 0.823. The topological polar surface area (TPSA) is 54.4 Å². The molecule has 1 fully saturated rings. The van der Waals surface area contributed by atoms with Gasteiger partial charge in [-0.3, -0.25) is 0 Å². The van der Waals surface area contributed by atoms with E-state index in [1.807, 2.05) is 25.9 Å². The predicted molar refractivity (Wildman–Crippen MR) is 76.0 cm³/mol. The third kappa shape index (κ3) is 3.45. The average Bonchev–Trinajstić information content (AvgIpc) is 2.25. The second-order valence-corrected chi connectivity index (χ2v) is 6.01. The number of hydrogen-bond acceptors (Lipinski definition) is 6. The molecule has 1 aromatic heterocycles. The molecule has 0 spiro atoms. The van der Waals surface area contributed by atoms with E-state index in [0.29, 0.717) is 11.9 Å². The van der Waals surface area contributed by atoms with Crippen molar-refractivity contribution in [1.82, 2.24) is 15.0 Å². The minimum atomic E-state index is -0.227. The largest absolute Gasteiger partial charge is 0.369 e. The molecule has 1 aliphatic heterocycles. The molecule has 6 nitrogen and oxygen atoms in total. The van der Waals surface area contributed by atoms with Crippen LogP contribution in [0, 0.1) is 0 Å². The lowest BCUT2D eigenvalue weighted by atomic mass is 10.1. The first kappa shape index (κ1) is 14.3. The maximum Gasteiger partial charge on any atom is 0.231 e. The van der Waals surface area contributed by atoms with Crippen LogP contribution in [0.25, 0.3) is 0 Å². The molecule has 7 heteroatoms. The average molecular weight is 286 g/mol. The monoisotopic (exact) mass is 285 g/mol. The molecule has 0 amide bonds. The lowest BCUT2D eigenvalue weighted by Gasteiger charge is -2.41. The maximum absolute atomic E-state index is 5.97. The van der Waals surface area contributed by atoms with Crippen LogP contribution in [-0.2, 0) is 4.74 Å². The van der Waals surface area contributed by atoms with Crippen LogP contribution in [0.4, 0.5) is 11.9 Å². The number of halogens is 1. The zero-order valence-electron chi connectivity index (χ0n) is 12.0. The Balaban J connectivity index is 2.30. The number of ether oxygens (including phenoxy) is 1. The lowest BCUT2D eigenvalue weighted by Crippen LogP contribution is -2.52. The Kier molecular flexibility index (Phi) is 3.82. The molecular formula is C12H20ClN5O. The molecule has 106 valence electrons. The molecule has 1 aromatic rings. The molecule has 1 aliphatic rings. The number of hydrogen-bond donors (Lipinski definition) is 0. The molecule has 0 N–H and O–H groups in total. The van der Waals surface area contributed by atoms with E-state index in [1.54, 1.807) is 0 Å². The Hall–Kier alpha value is -1.14. The van der Waals surface area contributed by atoms with Gasteiger partial charge in [0.1, 0.15) is 0 Å². The molecule has 2 heterocycles. The van der Waals surface area contributed by atoms with E-state index < -0.39 is 0 Å². The summed E-state index contributed by atoms with van der Waals surface area (Å²) in [5.41, 5.74) is -0.227. The van der Waals surface area contributed by atoms with Gasteiger partial charge in [-0.15, -0.1) is 0 Å². The Morgan fingerprint density at radius 3 is 2.58 bits per heavy atom. The fourth-order valence-corrected chi connectivity index (χ4v) is 2.43. The van der Waals surface area contributed by atoms with Gasteiger partial charge in [-0.1, -0.05) is 0 Å². The van der Waals surface area contributed by atoms with Crippen molar-refractivity contribution in [3.63, 3.8) is 0 Å². The van der Waals surface area contributed by atoms with Gasteiger partial charge in [0.2, 0.25) is 17.2 Å². The second kappa shape index (κ2) is 5.09. The summed E-state index contributed by atoms with van der Waals surface area (Å²) in [5.74, 6) is 1.17. The summed E-state index contributed by atoms with van der Waals surface area (Å²) >= 11 is 5.97. The summed E-state index contributed by atoms with van der Waals surface area (Å²) in [6.45, 7) is 7.64. The molecule has 19 heavy (non-hydrogen) atoms. The molecule has 1 atom stereocenters. The minimum Gasteiger partial charge on any atom is -0.369 e. The van der Waals surface area contributed by atoms with Crippen molar-refractivity contribution in [3.05, 3.63) is 5.28 Å². The number of rotatable bonds is 2. The first-order valence-corrected chi connectivity index (χ1v) is 6.66. The third-order valence-corrected chi connectivity index (χ3v) is 3.01. The minimum absolute atomic E-state index is 0.127. The first-order valence-electron chi connectivity index (χ1n) is 6.28. The van der Waals surface area contributed by atoms with Gasteiger partial charge in [0.25, 0.3) is 0 Å². The van der Waals surface area contributed by atoms with Gasteiger partial charge in [0, 0.05) is 27.2 Å². The molecule has 0 radical (unpaired) electrons. The number of morpholine rings is 1. The summed E-state index contributed by atoms with van der Waals surface area (Å²) in [4.78, 5) is 16.7. The van der Waals surface area contributed by atoms with Crippen LogP contribution in [-0.4, -0.2) is 53.8 Å². The van der Waals surface area contributed by atoms with Crippen LogP contribution < -0.4 is 9.80 Å². The van der Waals surface area contributed by atoms with E-state index in [9.17, 15) is 0 Å². The Labute approximate surface area is 118 Å². The highest BCUT2D eigenvalue weighted by atomic mass is 35.5. The van der Waals surface area contributed by atoms with Gasteiger partial charge in [0.05, 0.1) is 11.7 Å². The van der Waals surface area contributed by atoms with Crippen molar-refractivity contribution in [3.8, 4) is 0 Å². The maximum atomic E-state index is 5.97. The summed E-state index contributed by atoms with van der Waals surface area (Å²) in [7, 11) is 3.75. The summed E-state index contributed by atoms with van der Waals surface area (Å²) in [5, 5.41) is 0.214. The van der Waals surface area contributed by atoms with E-state index in [2.05, 4.69) is 33.7 Å². The van der Waals surface area contributed by atoms with Crippen LogP contribution in [0.1, 0.15) is 20.8 Å². The molecule has 0 bridgehead atoms. The van der Waals surface area contributed by atoms with Gasteiger partial charge in [0.15, 0.2) is 0 Å². The molecular weight excluding hydrogens is 266 g/mol. The molecule has 0 aromatic carbocycles. The van der Waals surface area contributed by atoms with Crippen LogP contribution in [0.15, 0.2) is 0 Å². The highest BCUT2D eigenvalue weighted by molar-refractivity contribution is 6.28. The van der Waals surface area contributed by atoms with E-state index in [-0.39, 0.29) is 17.0 Å². The molecule has 2 rings (SSSR count). The van der Waals surface area contributed by atoms with Crippen molar-refractivity contribution in [1.29, 1.82) is 0 Å². The zero-order chi connectivity index (χ0) is 14.2. The summed E-state index contributed by atoms with van der Waals surface area (Å²) in [6.07, 6.45) is 0.127. The predicted octanol–water partition coefficient (Wildman–Crippen LogP) is 1.59. The number of anilines is 2. The summed E-state index contributed by atoms with van der Waals surface area (Å²) < 4.78 is 5.88. The van der Waals surface area contributed by atoms with Crippen LogP contribution >= 0.6 is 11.6 Å². The Morgan fingerprint density at radius 1 is 1.32 bits per heavy atom. The summed E-state index contributed by atoms with van der Waals surface area (Å²) in [6, 6.07) is 0. The zero-order valence-corrected chi connectivity index (χ0v) is 12.8. The van der Waals surface area contributed by atoms with Gasteiger partial charge in [-0.2, -0.15) is 15.0 Å². The Bertz CT molecular complexity index is 465. The fraction of sp³-hybridized carbons (Fsp3) is 0.750. The smallest absolute Gasteiger partial charge is 0.231 e. The number of nitrogens with zero attached hydrogens (tertiary/aromatic N) is 5. The molecule has 0 saturated carbocycles. The first-order chi connectivity index (χ1) is 8.77. The molecule has 1 unspecified atom stereocenters. The fourth-order valence-electron chi connectivity index (χ4n) is 2.28. The SMILES string of the molecule is CC1CN(c2nc(Cl)nc(N(C)C)n2)CC(C)(C)O1. The van der Waals surface area contributed by atoms with Crippen molar-refractivity contribution in [2.45, 2.75) is 32.5 Å². The van der Waals surface area contributed by atoms with Gasteiger partial charge in [-0.25, -0.2) is 0 Å². The van der Waals surface area contributed by atoms with E-state index in [0.717, 1.165) is 13.1 Å². The van der Waals surface area contributed by atoms with Gasteiger partial charge >= 0.3 is 0 Å². The van der Waals surface area contributed by atoms with Crippen molar-refractivity contribution >= 4 is 23.5 Å². The van der Waals surface area contributed by atoms with E-state index in [1.165, 1.54) is 0 Å². The van der Waals surface area contributed by atoms with E-state index >= 15 is 0 Å². The van der Waals surface area contributed by atoms with E-state index in [4.69, 9.17) is 16.3 Å². The third-order valence-electron chi connectivity index (χ3n) is 2.84. The highest BCUT2D eigenvalue weighted by Gasteiger charge is 2.33. The van der Waals surface area contributed by atoms with Crippen molar-refractivity contribution < 1.29 is 4.74 Å². The second-order valence-electron chi connectivity index (χ2n) is 5.67. The van der Waals surface area contributed by atoms with Gasteiger partial charge < -0.3 is 14.5 Å². The van der Waals surface area contributed by atoms with Crippen LogP contribution in [0.2, 0.25) is 5.28 Å². The molecule has 0 aliphatic carbocycles. The van der Waals surface area contributed by atoms with Crippen LogP contribution in [0.5, 0.6) is 0 Å². The standard InChI is InChI=1S/C12H20ClN5O/c1-8-6-18(7-12(2,3)19-8)11-15-9(13)14-10(16-11)17(4)5/h8H,6-7H2,1-5H3. The highest BCUT2D eigenvalue weighted by Crippen LogP contribution is 2.25. The lowest BCUT2D eigenvalue weighted by molar-refractivity contribution is -0.0753. The molecule has 1 saturated heterocycles. The normalized spacial score (nSPS) is 22.4. The Morgan fingerprint density at radius 2 is 2.00 bits per heavy atom. The van der Waals surface area contributed by atoms with Crippen molar-refractivity contribution in [2.24, 2.45) is 0 Å².